The molecule has 0 bridgehead atoms. The van der Waals surface area contributed by atoms with Crippen molar-refractivity contribution in [3.63, 3.8) is 0 Å². The highest BCUT2D eigenvalue weighted by atomic mass is 19.1. The van der Waals surface area contributed by atoms with Crippen LogP contribution in [0.1, 0.15) is 36.0 Å². The molecule has 1 aliphatic carbocycles. The molecule has 3 heteroatoms. The van der Waals surface area contributed by atoms with Crippen molar-refractivity contribution in [2.45, 2.75) is 31.7 Å². The molecule has 0 unspecified atom stereocenters. The summed E-state index contributed by atoms with van der Waals surface area (Å²) in [5.74, 6) is -0.757. The van der Waals surface area contributed by atoms with Crippen LogP contribution in [0.15, 0.2) is 24.3 Å². The molecule has 16 heavy (non-hydrogen) atoms. The smallest absolute Gasteiger partial charge is 0.254 e. The van der Waals surface area contributed by atoms with E-state index in [1.807, 2.05) is 0 Å². The molecule has 0 atom stereocenters. The van der Waals surface area contributed by atoms with E-state index < -0.39 is 5.82 Å². The Kier molecular flexibility index (Phi) is 3.54. The van der Waals surface area contributed by atoms with Crippen LogP contribution in [0.3, 0.4) is 0 Å². The lowest BCUT2D eigenvalue weighted by atomic mass is 9.95. The third kappa shape index (κ3) is 2.60. The Morgan fingerprint density at radius 3 is 2.62 bits per heavy atom. The number of hydrogen-bond acceptors (Lipinski definition) is 1. The van der Waals surface area contributed by atoms with Crippen LogP contribution in [0.25, 0.3) is 0 Å². The van der Waals surface area contributed by atoms with Crippen molar-refractivity contribution in [1.82, 2.24) is 5.32 Å². The first-order valence-electron chi connectivity index (χ1n) is 5.64. The molecule has 85 valence electrons. The van der Waals surface area contributed by atoms with Crippen molar-refractivity contribution in [3.8, 4) is 0 Å². The maximum absolute atomic E-state index is 13.3. The molecule has 0 spiro atoms. The molecule has 0 heterocycles. The first-order chi connectivity index (χ1) is 7.77. The van der Waals surface area contributed by atoms with E-state index in [-0.39, 0.29) is 17.5 Å². The lowest BCUT2D eigenvalue weighted by molar-refractivity contribution is 0.0926. The Hall–Kier alpha value is -1.38. The number of amides is 1. The summed E-state index contributed by atoms with van der Waals surface area (Å²) in [6, 6.07) is 6.27. The molecule has 0 saturated heterocycles. The topological polar surface area (TPSA) is 29.1 Å². The van der Waals surface area contributed by atoms with Crippen molar-refractivity contribution in [2.75, 3.05) is 0 Å². The fourth-order valence-electron chi connectivity index (χ4n) is 1.98. The average molecular weight is 220 g/mol. The summed E-state index contributed by atoms with van der Waals surface area (Å²) in [5, 5.41) is 2.88. The van der Waals surface area contributed by atoms with Crippen LogP contribution in [0.2, 0.25) is 0 Å². The monoisotopic (exact) mass is 220 g/mol. The van der Waals surface area contributed by atoms with Gasteiger partial charge in [-0.3, -0.25) is 4.79 Å². The van der Waals surface area contributed by atoms with E-state index >= 15 is 0 Å². The van der Waals surface area contributed by atoms with Crippen LogP contribution in [0.5, 0.6) is 0 Å². The second kappa shape index (κ2) is 5.10. The van der Waals surface area contributed by atoms with Crippen LogP contribution >= 0.6 is 0 Å². The van der Waals surface area contributed by atoms with E-state index in [4.69, 9.17) is 0 Å². The number of carbonyl (C=O) groups is 1. The molecular weight excluding hydrogens is 205 g/mol. The van der Waals surface area contributed by atoms with Gasteiger partial charge in [-0.05, 0) is 44.2 Å². The minimum absolute atomic E-state index is 0.136. The van der Waals surface area contributed by atoms with Gasteiger partial charge in [0.1, 0.15) is 5.82 Å². The molecule has 2 rings (SSSR count). The average Bonchev–Trinajstić information content (AvgIpc) is 2.31. The van der Waals surface area contributed by atoms with Gasteiger partial charge in [0.2, 0.25) is 0 Å². The largest absolute Gasteiger partial charge is 0.349 e. The second-order valence-electron chi connectivity index (χ2n) is 4.09. The van der Waals surface area contributed by atoms with Crippen LogP contribution in [0, 0.1) is 12.2 Å². The van der Waals surface area contributed by atoms with E-state index in [1.54, 1.807) is 12.1 Å². The molecule has 1 N–H and O–H groups in total. The third-order valence-electron chi connectivity index (χ3n) is 2.89. The Morgan fingerprint density at radius 1 is 1.25 bits per heavy atom. The lowest BCUT2D eigenvalue weighted by Crippen LogP contribution is -2.36. The predicted molar refractivity (Wildman–Crippen MR) is 60.4 cm³/mol. The molecule has 1 saturated carbocycles. The standard InChI is InChI=1S/C13H15FNO/c14-12-9-5-4-8-11(12)13(16)15-10-6-2-1-3-7-10/h1,4-5,8-10H,2-3,6-7H2,(H,15,16). The Bertz CT molecular complexity index is 372. The van der Waals surface area contributed by atoms with Gasteiger partial charge in [0, 0.05) is 6.04 Å². The highest BCUT2D eigenvalue weighted by molar-refractivity contribution is 5.94. The Morgan fingerprint density at radius 2 is 1.94 bits per heavy atom. The highest BCUT2D eigenvalue weighted by Crippen LogP contribution is 2.17. The minimum Gasteiger partial charge on any atom is -0.349 e. The number of hydrogen-bond donors (Lipinski definition) is 1. The van der Waals surface area contributed by atoms with Gasteiger partial charge in [0.25, 0.3) is 5.91 Å². The highest BCUT2D eigenvalue weighted by Gasteiger charge is 2.18. The van der Waals surface area contributed by atoms with Gasteiger partial charge in [-0.1, -0.05) is 12.1 Å². The maximum Gasteiger partial charge on any atom is 0.254 e. The van der Waals surface area contributed by atoms with Gasteiger partial charge < -0.3 is 5.32 Å². The number of benzene rings is 1. The van der Waals surface area contributed by atoms with Gasteiger partial charge in [0.15, 0.2) is 0 Å². The summed E-state index contributed by atoms with van der Waals surface area (Å²) in [5.41, 5.74) is 0.136. The van der Waals surface area contributed by atoms with Crippen molar-refractivity contribution < 1.29 is 9.18 Å². The van der Waals surface area contributed by atoms with Crippen molar-refractivity contribution >= 4 is 5.91 Å². The zero-order chi connectivity index (χ0) is 11.4. The number of nitrogens with one attached hydrogen (secondary N) is 1. The van der Waals surface area contributed by atoms with Gasteiger partial charge in [-0.2, -0.15) is 0 Å². The van der Waals surface area contributed by atoms with E-state index in [2.05, 4.69) is 11.7 Å². The van der Waals surface area contributed by atoms with Crippen LogP contribution in [-0.2, 0) is 0 Å². The molecule has 1 aromatic rings. The summed E-state index contributed by atoms with van der Waals surface area (Å²) in [6.07, 6.45) is 6.20. The molecule has 1 amide bonds. The first kappa shape index (κ1) is 11.1. The first-order valence-corrected chi connectivity index (χ1v) is 5.64. The molecule has 2 nitrogen and oxygen atoms in total. The summed E-state index contributed by atoms with van der Waals surface area (Å²) in [6.45, 7) is 0. The van der Waals surface area contributed by atoms with E-state index in [0.717, 1.165) is 25.7 Å². The van der Waals surface area contributed by atoms with Gasteiger partial charge in [0.05, 0.1) is 5.56 Å². The van der Waals surface area contributed by atoms with Crippen molar-refractivity contribution in [1.29, 1.82) is 0 Å². The van der Waals surface area contributed by atoms with Crippen LogP contribution < -0.4 is 5.32 Å². The quantitative estimate of drug-likeness (QED) is 0.815. The Labute approximate surface area is 94.9 Å². The predicted octanol–water partition coefficient (Wildman–Crippen LogP) is 2.70. The molecule has 0 aliphatic heterocycles. The van der Waals surface area contributed by atoms with Crippen LogP contribution in [0.4, 0.5) is 4.39 Å². The van der Waals surface area contributed by atoms with Crippen molar-refractivity contribution in [2.24, 2.45) is 0 Å². The summed E-state index contributed by atoms with van der Waals surface area (Å²) < 4.78 is 13.3. The second-order valence-corrected chi connectivity index (χ2v) is 4.09. The van der Waals surface area contributed by atoms with E-state index in [1.165, 1.54) is 12.1 Å². The molecule has 0 aromatic heterocycles. The summed E-state index contributed by atoms with van der Waals surface area (Å²) in [4.78, 5) is 11.8. The van der Waals surface area contributed by atoms with Gasteiger partial charge >= 0.3 is 0 Å². The third-order valence-corrected chi connectivity index (χ3v) is 2.89. The summed E-state index contributed by atoms with van der Waals surface area (Å²) in [7, 11) is 0. The molecule has 1 radical (unpaired) electrons. The SMILES string of the molecule is O=C(NC1CC[CH]CC1)c1ccccc1F. The fourth-order valence-corrected chi connectivity index (χ4v) is 1.98. The fraction of sp³-hybridized carbons (Fsp3) is 0.385. The van der Waals surface area contributed by atoms with E-state index in [0.29, 0.717) is 0 Å². The molecule has 1 aliphatic rings. The Balaban J connectivity index is 2.00. The molecule has 1 aromatic carbocycles. The van der Waals surface area contributed by atoms with Gasteiger partial charge in [-0.25, -0.2) is 4.39 Å². The zero-order valence-corrected chi connectivity index (χ0v) is 9.08. The van der Waals surface area contributed by atoms with Crippen molar-refractivity contribution in [3.05, 3.63) is 42.1 Å². The van der Waals surface area contributed by atoms with Gasteiger partial charge in [-0.15, -0.1) is 0 Å². The lowest BCUT2D eigenvalue weighted by Gasteiger charge is -2.22. The van der Waals surface area contributed by atoms with E-state index in [9.17, 15) is 9.18 Å². The number of carbonyl (C=O) groups excluding carboxylic acids is 1. The van der Waals surface area contributed by atoms with Crippen LogP contribution in [-0.4, -0.2) is 11.9 Å². The normalized spacial score (nSPS) is 17.1. The maximum atomic E-state index is 13.3. The molecular formula is C13H15FNO. The molecule has 1 fully saturated rings. The number of halogens is 1. The number of rotatable bonds is 2. The minimum atomic E-state index is -0.456. The zero-order valence-electron chi connectivity index (χ0n) is 9.08. The summed E-state index contributed by atoms with van der Waals surface area (Å²) >= 11 is 0.